The third-order valence-corrected chi connectivity index (χ3v) is 1.74. The molecule has 0 spiro atoms. The Hall–Kier alpha value is -0.640. The Bertz CT molecular complexity index is 164. The molecule has 0 unspecified atom stereocenters. The zero-order chi connectivity index (χ0) is 4.69. The van der Waals surface area contributed by atoms with E-state index >= 15 is 0 Å². The molecule has 7 heavy (non-hydrogen) atoms. The second kappa shape index (κ2) is 0.949. The predicted octanol–water partition coefficient (Wildman–Crippen LogP) is 0.464. The van der Waals surface area contributed by atoms with Gasteiger partial charge in [-0.25, -0.2) is 0 Å². The molecule has 0 atom stereocenters. The molecule has 0 radical (unpaired) electrons. The van der Waals surface area contributed by atoms with Crippen molar-refractivity contribution in [2.45, 2.75) is 6.54 Å². The van der Waals surface area contributed by atoms with Gasteiger partial charge in [-0.2, -0.15) is 0 Å². The van der Waals surface area contributed by atoms with Gasteiger partial charge in [0.05, 0.1) is 6.54 Å². The molecular weight excluding hydrogens is 110 g/mol. The molecule has 1 aliphatic rings. The minimum atomic E-state index is 0.892. The summed E-state index contributed by atoms with van der Waals surface area (Å²) in [6.07, 6.45) is 0. The van der Waals surface area contributed by atoms with E-state index in [0.29, 0.717) is 0 Å². The van der Waals surface area contributed by atoms with Gasteiger partial charge in [0.15, 0.2) is 0 Å². The molecule has 0 amide bonds. The van der Waals surface area contributed by atoms with Gasteiger partial charge >= 0.3 is 0 Å². The van der Waals surface area contributed by atoms with Crippen LogP contribution in [0.15, 0.2) is 0 Å². The monoisotopic (exact) mass is 113 g/mol. The lowest BCUT2D eigenvalue weighted by Crippen LogP contribution is -1.98. The predicted molar refractivity (Wildman–Crippen MR) is 27.2 cm³/mol. The summed E-state index contributed by atoms with van der Waals surface area (Å²) >= 11 is 1.62. The number of nitrogens with one attached hydrogen (secondary N) is 1. The summed E-state index contributed by atoms with van der Waals surface area (Å²) in [6.45, 7) is 0.892. The van der Waals surface area contributed by atoms with E-state index in [2.05, 4.69) is 15.5 Å². The van der Waals surface area contributed by atoms with Crippen molar-refractivity contribution in [3.05, 3.63) is 5.01 Å². The van der Waals surface area contributed by atoms with Gasteiger partial charge in [0.1, 0.15) is 5.01 Å². The second-order valence-corrected chi connectivity index (χ2v) is 2.42. The van der Waals surface area contributed by atoms with Gasteiger partial charge in [0.25, 0.3) is 0 Å². The molecule has 0 saturated carbocycles. The van der Waals surface area contributed by atoms with Crippen molar-refractivity contribution in [3.63, 3.8) is 0 Å². The van der Waals surface area contributed by atoms with Crippen LogP contribution in [0, 0.1) is 0 Å². The quantitative estimate of drug-likeness (QED) is 0.531. The first-order chi connectivity index (χ1) is 3.45. The number of hydrogen-bond donors (Lipinski definition) is 1. The largest absolute Gasteiger partial charge is 0.353 e. The zero-order valence-corrected chi connectivity index (χ0v) is 4.33. The Kier molecular flexibility index (Phi) is 0.457. The van der Waals surface area contributed by atoms with Crippen molar-refractivity contribution >= 4 is 16.5 Å². The van der Waals surface area contributed by atoms with Gasteiger partial charge in [-0.15, -0.1) is 10.2 Å². The maximum absolute atomic E-state index is 3.81. The minimum Gasteiger partial charge on any atom is -0.353 e. The Morgan fingerprint density at radius 1 is 1.57 bits per heavy atom. The number of rotatable bonds is 0. The molecule has 3 nitrogen and oxygen atoms in total. The summed E-state index contributed by atoms with van der Waals surface area (Å²) in [5, 5.41) is 12.7. The van der Waals surface area contributed by atoms with Gasteiger partial charge in [-0.3, -0.25) is 0 Å². The van der Waals surface area contributed by atoms with E-state index in [1.54, 1.807) is 11.3 Å². The summed E-state index contributed by atoms with van der Waals surface area (Å²) in [6, 6.07) is 0. The summed E-state index contributed by atoms with van der Waals surface area (Å²) in [5.41, 5.74) is 0. The molecule has 1 aliphatic heterocycles. The van der Waals surface area contributed by atoms with Crippen LogP contribution in [-0.2, 0) is 6.54 Å². The third-order valence-electron chi connectivity index (χ3n) is 0.858. The molecule has 0 aromatic carbocycles. The Labute approximate surface area is 44.4 Å². The average molecular weight is 113 g/mol. The SMILES string of the molecule is C1Nc2nnc1s2. The van der Waals surface area contributed by atoms with Crippen LogP contribution in [0.1, 0.15) is 5.01 Å². The molecule has 0 fully saturated rings. The van der Waals surface area contributed by atoms with Crippen LogP contribution in [0.4, 0.5) is 5.13 Å². The van der Waals surface area contributed by atoms with Crippen LogP contribution in [0.25, 0.3) is 0 Å². The lowest BCUT2D eigenvalue weighted by molar-refractivity contribution is 0.939. The van der Waals surface area contributed by atoms with Gasteiger partial charge in [0, 0.05) is 0 Å². The van der Waals surface area contributed by atoms with E-state index in [9.17, 15) is 0 Å². The van der Waals surface area contributed by atoms with Crippen LogP contribution < -0.4 is 5.32 Å². The topological polar surface area (TPSA) is 37.8 Å². The fraction of sp³-hybridized carbons (Fsp3) is 0.333. The van der Waals surface area contributed by atoms with Crippen LogP contribution in [0.2, 0.25) is 0 Å². The maximum Gasteiger partial charge on any atom is 0.206 e. The smallest absolute Gasteiger partial charge is 0.206 e. The van der Waals surface area contributed by atoms with E-state index in [-0.39, 0.29) is 0 Å². The standard InChI is InChI=1S/C3H3N3S/c1-2-5-6-3(4-1)7-2/h1H2,(H,4,6). The summed E-state index contributed by atoms with van der Waals surface area (Å²) in [7, 11) is 0. The molecule has 2 rings (SSSR count). The lowest BCUT2D eigenvalue weighted by atomic mass is 10.7. The highest BCUT2D eigenvalue weighted by Gasteiger charge is 2.09. The highest BCUT2D eigenvalue weighted by atomic mass is 32.1. The van der Waals surface area contributed by atoms with Gasteiger partial charge in [0.2, 0.25) is 5.13 Å². The number of aromatic nitrogens is 2. The fourth-order valence-corrected chi connectivity index (χ4v) is 1.22. The molecule has 0 saturated heterocycles. The Morgan fingerprint density at radius 3 is 2.71 bits per heavy atom. The van der Waals surface area contributed by atoms with Crippen molar-refractivity contribution in [2.24, 2.45) is 0 Å². The van der Waals surface area contributed by atoms with Crippen molar-refractivity contribution < 1.29 is 0 Å². The third kappa shape index (κ3) is 0.339. The Morgan fingerprint density at radius 2 is 2.57 bits per heavy atom. The normalized spacial score (nSPS) is 14.3. The number of nitrogens with zero attached hydrogens (tertiary/aromatic N) is 2. The lowest BCUT2D eigenvalue weighted by Gasteiger charge is -1.89. The fourth-order valence-electron chi connectivity index (χ4n) is 0.548. The maximum atomic E-state index is 3.81. The van der Waals surface area contributed by atoms with E-state index in [4.69, 9.17) is 0 Å². The van der Waals surface area contributed by atoms with Crippen LogP contribution >= 0.6 is 11.3 Å². The molecule has 1 N–H and O–H groups in total. The zero-order valence-electron chi connectivity index (χ0n) is 3.51. The minimum absolute atomic E-state index is 0.892. The van der Waals surface area contributed by atoms with Gasteiger partial charge < -0.3 is 5.32 Å². The summed E-state index contributed by atoms with van der Waals surface area (Å²) in [4.78, 5) is 0. The van der Waals surface area contributed by atoms with Crippen molar-refractivity contribution in [2.75, 3.05) is 5.32 Å². The van der Waals surface area contributed by atoms with Crippen LogP contribution in [0.3, 0.4) is 0 Å². The highest BCUT2D eigenvalue weighted by Crippen LogP contribution is 2.21. The summed E-state index contributed by atoms with van der Waals surface area (Å²) in [5.74, 6) is 0. The van der Waals surface area contributed by atoms with Crippen molar-refractivity contribution in [1.29, 1.82) is 0 Å². The molecule has 0 aliphatic carbocycles. The molecule has 2 bridgehead atoms. The average Bonchev–Trinajstić information content (AvgIpc) is 2.22. The first-order valence-corrected chi connectivity index (χ1v) is 2.83. The van der Waals surface area contributed by atoms with E-state index in [0.717, 1.165) is 16.7 Å². The molecule has 2 heterocycles. The molecule has 36 valence electrons. The van der Waals surface area contributed by atoms with E-state index < -0.39 is 0 Å². The number of hydrogen-bond acceptors (Lipinski definition) is 4. The first kappa shape index (κ1) is 3.37. The van der Waals surface area contributed by atoms with Gasteiger partial charge in [-0.05, 0) is 0 Å². The van der Waals surface area contributed by atoms with E-state index in [1.807, 2.05) is 0 Å². The molecule has 1 aromatic heterocycles. The van der Waals surface area contributed by atoms with Crippen LogP contribution in [0.5, 0.6) is 0 Å². The Balaban J connectivity index is 2.71. The second-order valence-electron chi connectivity index (χ2n) is 1.35. The number of anilines is 1. The number of fused-ring (bicyclic) bond motifs is 2. The molecule has 1 aromatic rings. The molecular formula is C3H3N3S. The molecule has 4 heteroatoms. The van der Waals surface area contributed by atoms with Crippen molar-refractivity contribution in [3.8, 4) is 0 Å². The first-order valence-electron chi connectivity index (χ1n) is 2.01. The van der Waals surface area contributed by atoms with Crippen molar-refractivity contribution in [1.82, 2.24) is 10.2 Å². The highest BCUT2D eigenvalue weighted by molar-refractivity contribution is 7.15. The van der Waals surface area contributed by atoms with Gasteiger partial charge in [-0.1, -0.05) is 11.3 Å². The van der Waals surface area contributed by atoms with E-state index in [1.165, 1.54) is 0 Å². The summed E-state index contributed by atoms with van der Waals surface area (Å²) < 4.78 is 0. The van der Waals surface area contributed by atoms with Crippen LogP contribution in [-0.4, -0.2) is 10.2 Å².